The van der Waals surface area contributed by atoms with E-state index < -0.39 is 17.8 Å². The van der Waals surface area contributed by atoms with Gasteiger partial charge in [0.15, 0.2) is 0 Å². The number of amides is 1. The normalized spacial score (nSPS) is 21.6. The second-order valence-electron chi connectivity index (χ2n) is 6.06. The summed E-state index contributed by atoms with van der Waals surface area (Å²) in [5.74, 6) is -2.25. The van der Waals surface area contributed by atoms with E-state index in [1.54, 1.807) is 0 Å². The summed E-state index contributed by atoms with van der Waals surface area (Å²) in [5, 5.41) is 12.3. The number of nitrogens with one attached hydrogen (secondary N) is 1. The van der Waals surface area contributed by atoms with Crippen molar-refractivity contribution in [2.75, 3.05) is 5.32 Å². The van der Waals surface area contributed by atoms with Crippen molar-refractivity contribution >= 4 is 17.6 Å². The highest BCUT2D eigenvalue weighted by Crippen LogP contribution is 2.35. The number of carboxylic acids is 1. The maximum atomic E-state index is 12.5. The average molecular weight is 301 g/mol. The van der Waals surface area contributed by atoms with Crippen LogP contribution in [0.5, 0.6) is 0 Å². The van der Waals surface area contributed by atoms with E-state index in [1.807, 2.05) is 38.1 Å². The van der Waals surface area contributed by atoms with Gasteiger partial charge >= 0.3 is 5.97 Å². The molecule has 0 heterocycles. The zero-order valence-electron chi connectivity index (χ0n) is 13.3. The SMILES string of the molecule is CCc1ccc(NC(=O)[C@@H]2CC(C)=C(C)C[C@H]2C(=O)O)cc1. The van der Waals surface area contributed by atoms with E-state index in [-0.39, 0.29) is 5.91 Å². The quantitative estimate of drug-likeness (QED) is 0.834. The molecule has 0 aromatic heterocycles. The molecule has 2 N–H and O–H groups in total. The second-order valence-corrected chi connectivity index (χ2v) is 6.06. The summed E-state index contributed by atoms with van der Waals surface area (Å²) in [7, 11) is 0. The molecule has 2 rings (SSSR count). The lowest BCUT2D eigenvalue weighted by Crippen LogP contribution is -2.36. The largest absolute Gasteiger partial charge is 0.481 e. The Morgan fingerprint density at radius 2 is 1.64 bits per heavy atom. The Balaban J connectivity index is 2.14. The molecule has 1 amide bonds. The van der Waals surface area contributed by atoms with Crippen molar-refractivity contribution in [3.05, 3.63) is 41.0 Å². The standard InChI is InChI=1S/C18H23NO3/c1-4-13-5-7-14(8-6-13)19-17(20)15-9-11(2)12(3)10-16(15)18(21)22/h5-8,15-16H,4,9-10H2,1-3H3,(H,19,20)(H,21,22)/t15-,16-/m1/s1. The van der Waals surface area contributed by atoms with Gasteiger partial charge in [-0.05, 0) is 50.8 Å². The van der Waals surface area contributed by atoms with Crippen LogP contribution in [0.2, 0.25) is 0 Å². The number of carbonyl (C=O) groups excluding carboxylic acids is 1. The van der Waals surface area contributed by atoms with E-state index in [0.29, 0.717) is 12.8 Å². The van der Waals surface area contributed by atoms with Crippen LogP contribution in [-0.2, 0) is 16.0 Å². The van der Waals surface area contributed by atoms with Gasteiger partial charge in [0, 0.05) is 5.69 Å². The Morgan fingerprint density at radius 1 is 1.09 bits per heavy atom. The van der Waals surface area contributed by atoms with Gasteiger partial charge in [-0.3, -0.25) is 9.59 Å². The summed E-state index contributed by atoms with van der Waals surface area (Å²) in [6.45, 7) is 6.00. The van der Waals surface area contributed by atoms with Gasteiger partial charge in [-0.25, -0.2) is 0 Å². The number of anilines is 1. The van der Waals surface area contributed by atoms with Gasteiger partial charge in [0.2, 0.25) is 5.91 Å². The van der Waals surface area contributed by atoms with Crippen molar-refractivity contribution in [2.45, 2.75) is 40.0 Å². The van der Waals surface area contributed by atoms with E-state index in [1.165, 1.54) is 5.56 Å². The lowest BCUT2D eigenvalue weighted by Gasteiger charge is -2.29. The van der Waals surface area contributed by atoms with Gasteiger partial charge in [-0.15, -0.1) is 0 Å². The van der Waals surface area contributed by atoms with Gasteiger partial charge in [0.05, 0.1) is 11.8 Å². The molecule has 4 nitrogen and oxygen atoms in total. The lowest BCUT2D eigenvalue weighted by molar-refractivity contribution is -0.146. The van der Waals surface area contributed by atoms with Crippen LogP contribution in [0.1, 0.15) is 39.2 Å². The fraction of sp³-hybridized carbons (Fsp3) is 0.444. The number of aryl methyl sites for hydroxylation is 1. The van der Waals surface area contributed by atoms with E-state index in [4.69, 9.17) is 0 Å². The van der Waals surface area contributed by atoms with Crippen molar-refractivity contribution in [3.8, 4) is 0 Å². The molecule has 22 heavy (non-hydrogen) atoms. The zero-order chi connectivity index (χ0) is 16.3. The summed E-state index contributed by atoms with van der Waals surface area (Å²) in [6, 6.07) is 7.67. The Kier molecular flexibility index (Phi) is 5.01. The Bertz CT molecular complexity index is 601. The van der Waals surface area contributed by atoms with Crippen molar-refractivity contribution in [3.63, 3.8) is 0 Å². The van der Waals surface area contributed by atoms with E-state index in [2.05, 4.69) is 12.2 Å². The molecule has 0 unspecified atom stereocenters. The molecule has 1 aromatic rings. The minimum absolute atomic E-state index is 0.205. The number of benzene rings is 1. The van der Waals surface area contributed by atoms with Crippen LogP contribution in [0.25, 0.3) is 0 Å². The van der Waals surface area contributed by atoms with Crippen LogP contribution in [0, 0.1) is 11.8 Å². The lowest BCUT2D eigenvalue weighted by atomic mass is 9.76. The topological polar surface area (TPSA) is 66.4 Å². The number of aliphatic carboxylic acids is 1. The third-order valence-electron chi connectivity index (χ3n) is 4.55. The molecule has 0 saturated carbocycles. The van der Waals surface area contributed by atoms with Crippen LogP contribution in [-0.4, -0.2) is 17.0 Å². The first-order valence-electron chi connectivity index (χ1n) is 7.70. The van der Waals surface area contributed by atoms with Gasteiger partial charge in [0.1, 0.15) is 0 Å². The van der Waals surface area contributed by atoms with E-state index >= 15 is 0 Å². The highest BCUT2D eigenvalue weighted by molar-refractivity contribution is 5.95. The summed E-state index contributed by atoms with van der Waals surface area (Å²) in [4.78, 5) is 23.9. The highest BCUT2D eigenvalue weighted by atomic mass is 16.4. The second kappa shape index (κ2) is 6.77. The summed E-state index contributed by atoms with van der Waals surface area (Å²) < 4.78 is 0. The molecule has 0 spiro atoms. The van der Waals surface area contributed by atoms with Crippen LogP contribution < -0.4 is 5.32 Å². The van der Waals surface area contributed by atoms with Gasteiger partial charge in [-0.1, -0.05) is 30.2 Å². The van der Waals surface area contributed by atoms with Gasteiger partial charge in [-0.2, -0.15) is 0 Å². The maximum Gasteiger partial charge on any atom is 0.307 e. The number of allylic oxidation sites excluding steroid dienone is 2. The molecule has 1 aromatic carbocycles. The van der Waals surface area contributed by atoms with Crippen molar-refractivity contribution in [1.29, 1.82) is 0 Å². The number of carbonyl (C=O) groups is 2. The van der Waals surface area contributed by atoms with Crippen molar-refractivity contribution in [1.82, 2.24) is 0 Å². The van der Waals surface area contributed by atoms with Crippen LogP contribution >= 0.6 is 0 Å². The maximum absolute atomic E-state index is 12.5. The first-order valence-corrected chi connectivity index (χ1v) is 7.70. The van der Waals surface area contributed by atoms with E-state index in [9.17, 15) is 14.7 Å². The van der Waals surface area contributed by atoms with Crippen LogP contribution in [0.15, 0.2) is 35.4 Å². The number of carboxylic acid groups (broad SMARTS) is 1. The smallest absolute Gasteiger partial charge is 0.307 e. The number of hydrogen-bond donors (Lipinski definition) is 2. The number of hydrogen-bond acceptors (Lipinski definition) is 2. The Morgan fingerprint density at radius 3 is 2.14 bits per heavy atom. The first-order chi connectivity index (χ1) is 10.4. The van der Waals surface area contributed by atoms with Crippen LogP contribution in [0.4, 0.5) is 5.69 Å². The molecule has 4 heteroatoms. The number of rotatable bonds is 4. The third kappa shape index (κ3) is 3.56. The predicted octanol–water partition coefficient (Wildman–Crippen LogP) is 3.63. The fourth-order valence-corrected chi connectivity index (χ4v) is 2.89. The minimum atomic E-state index is -0.895. The molecular formula is C18H23NO3. The molecule has 0 aliphatic heterocycles. The molecule has 1 aliphatic carbocycles. The first kappa shape index (κ1) is 16.3. The molecule has 1 aliphatic rings. The Labute approximate surface area is 131 Å². The third-order valence-corrected chi connectivity index (χ3v) is 4.55. The molecule has 118 valence electrons. The zero-order valence-corrected chi connectivity index (χ0v) is 13.3. The fourth-order valence-electron chi connectivity index (χ4n) is 2.89. The Hall–Kier alpha value is -2.10. The summed E-state index contributed by atoms with van der Waals surface area (Å²) >= 11 is 0. The van der Waals surface area contributed by atoms with Gasteiger partial charge < -0.3 is 10.4 Å². The molecule has 0 fully saturated rings. The van der Waals surface area contributed by atoms with Crippen molar-refractivity contribution in [2.24, 2.45) is 11.8 Å². The predicted molar refractivity (Wildman–Crippen MR) is 86.7 cm³/mol. The highest BCUT2D eigenvalue weighted by Gasteiger charge is 2.37. The van der Waals surface area contributed by atoms with Gasteiger partial charge in [0.25, 0.3) is 0 Å². The minimum Gasteiger partial charge on any atom is -0.481 e. The molecule has 0 radical (unpaired) electrons. The summed E-state index contributed by atoms with van der Waals surface area (Å²) in [6.07, 6.45) is 1.91. The monoisotopic (exact) mass is 301 g/mol. The molecule has 2 atom stereocenters. The molecule has 0 bridgehead atoms. The molecule has 0 saturated heterocycles. The molecular weight excluding hydrogens is 278 g/mol. The van der Waals surface area contributed by atoms with Crippen LogP contribution in [0.3, 0.4) is 0 Å². The van der Waals surface area contributed by atoms with E-state index in [0.717, 1.165) is 23.3 Å². The van der Waals surface area contributed by atoms with Crippen molar-refractivity contribution < 1.29 is 14.7 Å². The average Bonchev–Trinajstić information content (AvgIpc) is 2.50. The summed E-state index contributed by atoms with van der Waals surface area (Å²) in [5.41, 5.74) is 4.13.